The number of hydrogen-bond donors (Lipinski definition) is 2. The smallest absolute Gasteiger partial charge is 0.257 e. The van der Waals surface area contributed by atoms with E-state index >= 15 is 0 Å². The van der Waals surface area contributed by atoms with Crippen LogP contribution in [0.15, 0.2) is 85.5 Å². The molecule has 5 rings (SSSR count). The standard InChI is InChI=1S/C37H35F5N2O4/c1-4-17-44(3)19-28-21(2)35(24-11-9-22(20-45)10-12-24)48-37(47-28)25-15-13-23(14-16-25)27-8-6-5-7-26(27)18-43-36(46)29-30(38)32(40)34(42)33(41)31(29)39/h4-16,21,28,35,37,45H,1,17-20H2,2-3H3,(H,43,46)/t21-,28+,35+,37+/m0/s1. The van der Waals surface area contributed by atoms with E-state index in [1.165, 1.54) is 0 Å². The van der Waals surface area contributed by atoms with Gasteiger partial charge in [0, 0.05) is 31.1 Å². The second-order valence-electron chi connectivity index (χ2n) is 11.7. The van der Waals surface area contributed by atoms with Gasteiger partial charge in [-0.25, -0.2) is 22.0 Å². The lowest BCUT2D eigenvalue weighted by atomic mass is 9.90. The Kier molecular flexibility index (Phi) is 11.1. The minimum atomic E-state index is -2.34. The van der Waals surface area contributed by atoms with Crippen LogP contribution in [0, 0.1) is 35.0 Å². The fourth-order valence-corrected chi connectivity index (χ4v) is 5.77. The number of rotatable bonds is 11. The largest absolute Gasteiger partial charge is 0.392 e. The number of aliphatic hydroxyl groups excluding tert-OH is 1. The Hall–Kier alpha value is -4.42. The first-order valence-electron chi connectivity index (χ1n) is 15.3. The van der Waals surface area contributed by atoms with Gasteiger partial charge in [-0.15, -0.1) is 6.58 Å². The Balaban J connectivity index is 1.37. The molecule has 0 aliphatic carbocycles. The normalized spacial score (nSPS) is 19.4. The summed E-state index contributed by atoms with van der Waals surface area (Å²) >= 11 is 0. The molecule has 0 saturated carbocycles. The highest BCUT2D eigenvalue weighted by Crippen LogP contribution is 2.42. The fraction of sp³-hybridized carbons (Fsp3) is 0.270. The summed E-state index contributed by atoms with van der Waals surface area (Å²) in [5, 5.41) is 11.8. The van der Waals surface area contributed by atoms with Crippen LogP contribution >= 0.6 is 0 Å². The maximum absolute atomic E-state index is 14.2. The fourth-order valence-electron chi connectivity index (χ4n) is 5.77. The third-order valence-electron chi connectivity index (χ3n) is 8.44. The predicted molar refractivity (Wildman–Crippen MR) is 170 cm³/mol. The average Bonchev–Trinajstić information content (AvgIpc) is 3.10. The third kappa shape index (κ3) is 7.34. The van der Waals surface area contributed by atoms with Crippen molar-refractivity contribution in [2.45, 2.75) is 38.6 Å². The van der Waals surface area contributed by atoms with E-state index in [2.05, 4.69) is 23.7 Å². The first-order chi connectivity index (χ1) is 23.0. The molecular weight excluding hydrogens is 631 g/mol. The lowest BCUT2D eigenvalue weighted by Gasteiger charge is -2.42. The van der Waals surface area contributed by atoms with Gasteiger partial charge in [-0.2, -0.15) is 0 Å². The molecule has 252 valence electrons. The molecular formula is C37H35F5N2O4. The summed E-state index contributed by atoms with van der Waals surface area (Å²) in [5.41, 5.74) is 2.92. The average molecular weight is 667 g/mol. The molecule has 0 unspecified atom stereocenters. The Bertz CT molecular complexity index is 1740. The van der Waals surface area contributed by atoms with Crippen LogP contribution < -0.4 is 5.32 Å². The molecule has 1 aliphatic heterocycles. The van der Waals surface area contributed by atoms with Crippen LogP contribution in [0.2, 0.25) is 0 Å². The SMILES string of the molecule is C=CCN(C)C[C@H]1O[C@@H](c2ccc(-c3ccccc3CNC(=O)c3c(F)c(F)c(F)c(F)c3F)cc2)O[C@@H](c2ccc(CO)cc2)[C@H]1C. The van der Waals surface area contributed by atoms with Crippen LogP contribution in [0.5, 0.6) is 0 Å². The molecule has 6 nitrogen and oxygen atoms in total. The van der Waals surface area contributed by atoms with Crippen molar-refractivity contribution in [3.05, 3.63) is 142 Å². The quantitative estimate of drug-likeness (QED) is 0.0757. The molecule has 0 spiro atoms. The number of aliphatic hydroxyl groups is 1. The highest BCUT2D eigenvalue weighted by Gasteiger charge is 2.38. The number of nitrogens with one attached hydrogen (secondary N) is 1. The number of likely N-dealkylation sites (N-methyl/N-ethyl adjacent to an activating group) is 1. The summed E-state index contributed by atoms with van der Waals surface area (Å²) in [7, 11) is 1.99. The van der Waals surface area contributed by atoms with Gasteiger partial charge in [0.05, 0.1) is 18.8 Å². The molecule has 0 radical (unpaired) electrons. The van der Waals surface area contributed by atoms with Gasteiger partial charge in [-0.05, 0) is 34.9 Å². The van der Waals surface area contributed by atoms with Crippen LogP contribution in [0.3, 0.4) is 0 Å². The van der Waals surface area contributed by atoms with E-state index in [9.17, 15) is 31.9 Å². The van der Waals surface area contributed by atoms with Crippen molar-refractivity contribution in [1.29, 1.82) is 0 Å². The third-order valence-corrected chi connectivity index (χ3v) is 8.44. The zero-order valence-electron chi connectivity index (χ0n) is 26.4. The van der Waals surface area contributed by atoms with Crippen molar-refractivity contribution in [1.82, 2.24) is 10.2 Å². The summed E-state index contributed by atoms with van der Waals surface area (Å²) in [6, 6.07) is 21.9. The lowest BCUT2D eigenvalue weighted by molar-refractivity contribution is -0.275. The first-order valence-corrected chi connectivity index (χ1v) is 15.3. The van der Waals surface area contributed by atoms with E-state index in [-0.39, 0.29) is 31.3 Å². The van der Waals surface area contributed by atoms with Crippen molar-refractivity contribution < 1.29 is 41.3 Å². The molecule has 48 heavy (non-hydrogen) atoms. The summed E-state index contributed by atoms with van der Waals surface area (Å²) in [5.74, 6) is -12.6. The number of benzene rings is 4. The van der Waals surface area contributed by atoms with E-state index in [1.54, 1.807) is 24.3 Å². The van der Waals surface area contributed by atoms with Gasteiger partial charge in [0.15, 0.2) is 29.6 Å². The van der Waals surface area contributed by atoms with E-state index in [4.69, 9.17) is 9.47 Å². The maximum atomic E-state index is 14.2. The molecule has 4 aromatic rings. The number of nitrogens with zero attached hydrogens (tertiary/aromatic N) is 1. The number of amides is 1. The Labute approximate surface area is 275 Å². The second kappa shape index (κ2) is 15.2. The zero-order chi connectivity index (χ0) is 34.5. The second-order valence-corrected chi connectivity index (χ2v) is 11.7. The van der Waals surface area contributed by atoms with Gasteiger partial charge >= 0.3 is 0 Å². The molecule has 2 N–H and O–H groups in total. The number of halogens is 5. The minimum Gasteiger partial charge on any atom is -0.392 e. The summed E-state index contributed by atoms with van der Waals surface area (Å²) in [6.07, 6.45) is 0.655. The van der Waals surface area contributed by atoms with E-state index in [1.807, 2.05) is 61.7 Å². The van der Waals surface area contributed by atoms with Crippen LogP contribution in [0.25, 0.3) is 11.1 Å². The van der Waals surface area contributed by atoms with Crippen LogP contribution in [0.4, 0.5) is 22.0 Å². The molecule has 0 aromatic heterocycles. The van der Waals surface area contributed by atoms with Gasteiger partial charge in [-0.1, -0.05) is 85.8 Å². The van der Waals surface area contributed by atoms with Gasteiger partial charge in [-0.3, -0.25) is 4.79 Å². The van der Waals surface area contributed by atoms with Crippen LogP contribution in [-0.4, -0.2) is 42.2 Å². The van der Waals surface area contributed by atoms with Gasteiger partial charge in [0.2, 0.25) is 5.82 Å². The highest BCUT2D eigenvalue weighted by molar-refractivity contribution is 5.95. The number of carbonyl (C=O) groups excluding carboxylic acids is 1. The zero-order valence-corrected chi connectivity index (χ0v) is 26.4. The van der Waals surface area contributed by atoms with Crippen LogP contribution in [-0.2, 0) is 22.6 Å². The molecule has 4 atom stereocenters. The maximum Gasteiger partial charge on any atom is 0.257 e. The molecule has 1 heterocycles. The Morgan fingerprint density at radius 2 is 1.48 bits per heavy atom. The van der Waals surface area contributed by atoms with Gasteiger partial charge in [0.25, 0.3) is 5.91 Å². The topological polar surface area (TPSA) is 71.0 Å². The molecule has 1 aliphatic rings. The Morgan fingerprint density at radius 3 is 2.10 bits per heavy atom. The van der Waals surface area contributed by atoms with E-state index in [0.29, 0.717) is 24.2 Å². The Morgan fingerprint density at radius 1 is 0.875 bits per heavy atom. The number of hydrogen-bond acceptors (Lipinski definition) is 5. The van der Waals surface area contributed by atoms with Crippen molar-refractivity contribution >= 4 is 5.91 Å². The number of carbonyl (C=O) groups is 1. The van der Waals surface area contributed by atoms with E-state index < -0.39 is 46.8 Å². The van der Waals surface area contributed by atoms with Crippen molar-refractivity contribution in [2.75, 3.05) is 20.1 Å². The van der Waals surface area contributed by atoms with Gasteiger partial charge in [0.1, 0.15) is 5.56 Å². The highest BCUT2D eigenvalue weighted by atomic mass is 19.2. The predicted octanol–water partition coefficient (Wildman–Crippen LogP) is 7.38. The summed E-state index contributed by atoms with van der Waals surface area (Å²) < 4.78 is 82.2. The lowest BCUT2D eigenvalue weighted by Crippen LogP contribution is -2.43. The summed E-state index contributed by atoms with van der Waals surface area (Å²) in [4.78, 5) is 14.7. The van der Waals surface area contributed by atoms with Crippen LogP contribution in [0.1, 0.15) is 51.9 Å². The first kappa shape index (κ1) is 34.9. The molecule has 1 saturated heterocycles. The number of ether oxygens (including phenoxy) is 2. The molecule has 4 aromatic carbocycles. The monoisotopic (exact) mass is 666 g/mol. The molecule has 0 bridgehead atoms. The van der Waals surface area contributed by atoms with Crippen molar-refractivity contribution in [3.8, 4) is 11.1 Å². The van der Waals surface area contributed by atoms with Crippen molar-refractivity contribution in [2.24, 2.45) is 5.92 Å². The molecule has 1 fully saturated rings. The molecule has 1 amide bonds. The van der Waals surface area contributed by atoms with Crippen molar-refractivity contribution in [3.63, 3.8) is 0 Å². The minimum absolute atomic E-state index is 0.000280. The summed E-state index contributed by atoms with van der Waals surface area (Å²) in [6.45, 7) is 6.92. The molecule has 11 heteroatoms. The van der Waals surface area contributed by atoms with Gasteiger partial charge < -0.3 is 24.8 Å². The van der Waals surface area contributed by atoms with E-state index in [0.717, 1.165) is 22.3 Å².